The molecule has 0 radical (unpaired) electrons. The first-order chi connectivity index (χ1) is 11.5. The highest BCUT2D eigenvalue weighted by molar-refractivity contribution is 5.91. The van der Waals surface area contributed by atoms with Crippen molar-refractivity contribution < 1.29 is 13.2 Å². The quantitative estimate of drug-likeness (QED) is 0.696. The predicted octanol–water partition coefficient (Wildman–Crippen LogP) is 4.88. The van der Waals surface area contributed by atoms with Gasteiger partial charge in [-0.2, -0.15) is 13.2 Å². The van der Waals surface area contributed by atoms with Gasteiger partial charge in [0.2, 0.25) is 0 Å². The molecule has 2 nitrogen and oxygen atoms in total. The van der Waals surface area contributed by atoms with Crippen molar-refractivity contribution in [3.63, 3.8) is 0 Å². The molecule has 2 aromatic carbocycles. The van der Waals surface area contributed by atoms with Crippen LogP contribution in [0.1, 0.15) is 22.3 Å². The average molecular weight is 328 g/mol. The summed E-state index contributed by atoms with van der Waals surface area (Å²) in [6.45, 7) is 0.422. The summed E-state index contributed by atoms with van der Waals surface area (Å²) in [6, 6.07) is 12.7. The average Bonchev–Trinajstić information content (AvgIpc) is 2.59. The number of alkyl halides is 3. The van der Waals surface area contributed by atoms with E-state index in [1.807, 2.05) is 30.3 Å². The molecule has 3 rings (SSSR count). The maximum absolute atomic E-state index is 12.6. The highest BCUT2D eigenvalue weighted by Crippen LogP contribution is 2.29. The maximum Gasteiger partial charge on any atom is 0.416 e. The highest BCUT2D eigenvalue weighted by atomic mass is 19.4. The van der Waals surface area contributed by atoms with Gasteiger partial charge >= 0.3 is 6.18 Å². The first kappa shape index (κ1) is 16.2. The van der Waals surface area contributed by atoms with E-state index in [0.29, 0.717) is 12.1 Å². The number of aromatic nitrogens is 1. The number of hydrogen-bond donors (Lipinski definition) is 1. The van der Waals surface area contributed by atoms with Gasteiger partial charge in [-0.1, -0.05) is 42.5 Å². The number of fused-ring (bicyclic) bond motifs is 1. The van der Waals surface area contributed by atoms with Crippen molar-refractivity contribution in [2.45, 2.75) is 12.7 Å². The van der Waals surface area contributed by atoms with Crippen molar-refractivity contribution >= 4 is 23.1 Å². The zero-order valence-corrected chi connectivity index (χ0v) is 12.7. The molecule has 0 aliphatic rings. The minimum absolute atomic E-state index is 0.422. The van der Waals surface area contributed by atoms with Crippen LogP contribution >= 0.6 is 0 Å². The summed E-state index contributed by atoms with van der Waals surface area (Å²) >= 11 is 0. The summed E-state index contributed by atoms with van der Waals surface area (Å²) in [7, 11) is 0. The van der Waals surface area contributed by atoms with Gasteiger partial charge in [0.25, 0.3) is 0 Å². The van der Waals surface area contributed by atoms with Crippen LogP contribution in [0.5, 0.6) is 0 Å². The molecule has 0 amide bonds. The molecule has 2 N–H and O–H groups in total. The van der Waals surface area contributed by atoms with Gasteiger partial charge in [-0.05, 0) is 29.3 Å². The van der Waals surface area contributed by atoms with Crippen molar-refractivity contribution in [1.82, 2.24) is 4.98 Å². The Morgan fingerprint density at radius 2 is 1.71 bits per heavy atom. The van der Waals surface area contributed by atoms with Gasteiger partial charge in [0.1, 0.15) is 0 Å². The SMILES string of the molecule is NCc1ccc(C=Cc2ccc(C(F)(F)F)cc2)c2ncccc12. The topological polar surface area (TPSA) is 38.9 Å². The predicted molar refractivity (Wildman–Crippen MR) is 90.0 cm³/mol. The molecule has 0 aliphatic heterocycles. The molecule has 24 heavy (non-hydrogen) atoms. The van der Waals surface area contributed by atoms with Gasteiger partial charge in [0.15, 0.2) is 0 Å². The van der Waals surface area contributed by atoms with E-state index in [1.165, 1.54) is 12.1 Å². The van der Waals surface area contributed by atoms with Crippen LogP contribution in [0.3, 0.4) is 0 Å². The lowest BCUT2D eigenvalue weighted by Crippen LogP contribution is -2.03. The molecular formula is C19H15F3N2. The summed E-state index contributed by atoms with van der Waals surface area (Å²) in [5, 5.41) is 0.981. The first-order valence-electron chi connectivity index (χ1n) is 7.41. The van der Waals surface area contributed by atoms with Crippen LogP contribution in [0, 0.1) is 0 Å². The Labute approximate surface area is 137 Å². The largest absolute Gasteiger partial charge is 0.416 e. The second-order valence-electron chi connectivity index (χ2n) is 5.37. The van der Waals surface area contributed by atoms with Crippen LogP contribution < -0.4 is 5.73 Å². The Balaban J connectivity index is 1.94. The zero-order chi connectivity index (χ0) is 17.2. The van der Waals surface area contributed by atoms with Crippen LogP contribution in [-0.2, 0) is 12.7 Å². The first-order valence-corrected chi connectivity index (χ1v) is 7.41. The smallest absolute Gasteiger partial charge is 0.326 e. The molecule has 1 aromatic heterocycles. The van der Waals surface area contributed by atoms with Crippen molar-refractivity contribution in [3.05, 3.63) is 77.0 Å². The maximum atomic E-state index is 12.6. The molecule has 5 heteroatoms. The Morgan fingerprint density at radius 1 is 0.958 bits per heavy atom. The van der Waals surface area contributed by atoms with E-state index in [9.17, 15) is 13.2 Å². The van der Waals surface area contributed by atoms with E-state index < -0.39 is 11.7 Å². The standard InChI is InChI=1S/C19H15F3N2/c20-19(21,22)16-9-4-13(5-10-16)3-6-14-7-8-15(12-23)17-2-1-11-24-18(14)17/h1-11H,12,23H2. The molecule has 0 atom stereocenters. The lowest BCUT2D eigenvalue weighted by Gasteiger charge is -2.07. The summed E-state index contributed by atoms with van der Waals surface area (Å²) in [6.07, 6.45) is 1.00. The number of rotatable bonds is 3. The van der Waals surface area contributed by atoms with Crippen LogP contribution in [0.15, 0.2) is 54.7 Å². The second-order valence-corrected chi connectivity index (χ2v) is 5.37. The molecule has 0 saturated carbocycles. The van der Waals surface area contributed by atoms with Gasteiger partial charge in [-0.15, -0.1) is 0 Å². The molecule has 0 aliphatic carbocycles. The van der Waals surface area contributed by atoms with Gasteiger partial charge in [-0.3, -0.25) is 4.98 Å². The van der Waals surface area contributed by atoms with E-state index in [4.69, 9.17) is 5.73 Å². The van der Waals surface area contributed by atoms with E-state index in [0.717, 1.165) is 34.2 Å². The molecule has 0 bridgehead atoms. The molecule has 0 spiro atoms. The fourth-order valence-electron chi connectivity index (χ4n) is 2.54. The minimum atomic E-state index is -4.32. The van der Waals surface area contributed by atoms with Gasteiger partial charge in [0, 0.05) is 23.7 Å². The molecule has 0 fully saturated rings. The number of nitrogens with two attached hydrogens (primary N) is 1. The van der Waals surface area contributed by atoms with Crippen LogP contribution in [0.25, 0.3) is 23.1 Å². The molecule has 3 aromatic rings. The van der Waals surface area contributed by atoms with Crippen molar-refractivity contribution in [2.24, 2.45) is 5.73 Å². The fraction of sp³-hybridized carbons (Fsp3) is 0.105. The summed E-state index contributed by atoms with van der Waals surface area (Å²) < 4.78 is 37.7. The van der Waals surface area contributed by atoms with E-state index >= 15 is 0 Å². The Hall–Kier alpha value is -2.66. The third kappa shape index (κ3) is 3.31. The Morgan fingerprint density at radius 3 is 2.38 bits per heavy atom. The van der Waals surface area contributed by atoms with Crippen LogP contribution in [0.2, 0.25) is 0 Å². The van der Waals surface area contributed by atoms with Gasteiger partial charge in [0.05, 0.1) is 11.1 Å². The third-order valence-corrected chi connectivity index (χ3v) is 3.80. The number of nitrogens with zero attached hydrogens (tertiary/aromatic N) is 1. The van der Waals surface area contributed by atoms with E-state index in [2.05, 4.69) is 4.98 Å². The summed E-state index contributed by atoms with van der Waals surface area (Å²) in [5.74, 6) is 0. The molecule has 0 unspecified atom stereocenters. The zero-order valence-electron chi connectivity index (χ0n) is 12.7. The lowest BCUT2D eigenvalue weighted by atomic mass is 10.0. The van der Waals surface area contributed by atoms with Crippen molar-refractivity contribution in [2.75, 3.05) is 0 Å². The van der Waals surface area contributed by atoms with Crippen LogP contribution in [0.4, 0.5) is 13.2 Å². The fourth-order valence-corrected chi connectivity index (χ4v) is 2.54. The third-order valence-electron chi connectivity index (χ3n) is 3.80. The Kier molecular flexibility index (Phi) is 4.36. The van der Waals surface area contributed by atoms with Gasteiger partial charge < -0.3 is 5.73 Å². The van der Waals surface area contributed by atoms with Crippen molar-refractivity contribution in [3.8, 4) is 0 Å². The van der Waals surface area contributed by atoms with E-state index in [-0.39, 0.29) is 0 Å². The number of halogens is 3. The minimum Gasteiger partial charge on any atom is -0.326 e. The number of benzene rings is 2. The van der Waals surface area contributed by atoms with E-state index in [1.54, 1.807) is 12.3 Å². The lowest BCUT2D eigenvalue weighted by molar-refractivity contribution is -0.137. The number of hydrogen-bond acceptors (Lipinski definition) is 2. The molecule has 0 saturated heterocycles. The van der Waals surface area contributed by atoms with Crippen molar-refractivity contribution in [1.29, 1.82) is 0 Å². The normalized spacial score (nSPS) is 12.2. The molecule has 1 heterocycles. The van der Waals surface area contributed by atoms with Crippen LogP contribution in [-0.4, -0.2) is 4.98 Å². The monoisotopic (exact) mass is 328 g/mol. The summed E-state index contributed by atoms with van der Waals surface area (Å²) in [4.78, 5) is 4.39. The van der Waals surface area contributed by atoms with Gasteiger partial charge in [-0.25, -0.2) is 0 Å². The summed E-state index contributed by atoms with van der Waals surface area (Å²) in [5.41, 5.74) is 8.50. The molecular weight excluding hydrogens is 313 g/mol. The highest BCUT2D eigenvalue weighted by Gasteiger charge is 2.29. The number of pyridine rings is 1. The second kappa shape index (κ2) is 6.45. The molecule has 122 valence electrons. The Bertz CT molecular complexity index is 881.